The van der Waals surface area contributed by atoms with Crippen molar-refractivity contribution in [2.75, 3.05) is 0 Å². The van der Waals surface area contributed by atoms with Crippen molar-refractivity contribution in [2.45, 2.75) is 65.3 Å². The number of hydrogen-bond acceptors (Lipinski definition) is 1. The van der Waals surface area contributed by atoms with E-state index in [1.165, 1.54) is 19.3 Å². The van der Waals surface area contributed by atoms with Crippen molar-refractivity contribution < 1.29 is 4.79 Å². The number of amides is 1. The lowest BCUT2D eigenvalue weighted by Gasteiger charge is -2.64. The van der Waals surface area contributed by atoms with E-state index >= 15 is 0 Å². The van der Waals surface area contributed by atoms with Crippen molar-refractivity contribution in [1.82, 2.24) is 5.32 Å². The molecule has 4 saturated carbocycles. The highest BCUT2D eigenvalue weighted by atomic mass is 16.2. The molecule has 2 nitrogen and oxygen atoms in total. The van der Waals surface area contributed by atoms with Crippen LogP contribution in [0.3, 0.4) is 0 Å². The molecule has 3 atom stereocenters. The van der Waals surface area contributed by atoms with Crippen molar-refractivity contribution in [1.29, 1.82) is 0 Å². The summed E-state index contributed by atoms with van der Waals surface area (Å²) in [6, 6.07) is -0.152. The molecule has 4 aliphatic rings. The van der Waals surface area contributed by atoms with Gasteiger partial charge in [-0.05, 0) is 62.2 Å². The molecule has 104 valence electrons. The van der Waals surface area contributed by atoms with Crippen molar-refractivity contribution in [3.05, 3.63) is 0 Å². The fourth-order valence-corrected chi connectivity index (χ4v) is 6.09. The first kappa shape index (κ1) is 13.0. The molecule has 4 fully saturated rings. The molecular weight excluding hydrogens is 234 g/mol. The third-order valence-corrected chi connectivity index (χ3v) is 5.71. The zero-order valence-corrected chi connectivity index (χ0v) is 12.4. The Labute approximate surface area is 116 Å². The van der Waals surface area contributed by atoms with Gasteiger partial charge in [0.25, 0.3) is 0 Å². The monoisotopic (exact) mass is 259 g/mol. The minimum atomic E-state index is -0.152. The molecule has 19 heavy (non-hydrogen) atoms. The van der Waals surface area contributed by atoms with Gasteiger partial charge < -0.3 is 5.32 Å². The van der Waals surface area contributed by atoms with E-state index in [0.29, 0.717) is 10.8 Å². The average molecular weight is 259 g/mol. The van der Waals surface area contributed by atoms with Crippen molar-refractivity contribution >= 4 is 5.91 Å². The van der Waals surface area contributed by atoms with Crippen LogP contribution in [0.5, 0.6) is 0 Å². The van der Waals surface area contributed by atoms with Gasteiger partial charge in [-0.1, -0.05) is 19.8 Å². The molecule has 0 aromatic carbocycles. The smallest absolute Gasteiger partial charge is 0.227 e. The topological polar surface area (TPSA) is 29.1 Å². The van der Waals surface area contributed by atoms with Gasteiger partial charge >= 0.3 is 0 Å². The van der Waals surface area contributed by atoms with Crippen LogP contribution in [0.1, 0.15) is 59.3 Å². The molecule has 0 spiro atoms. The summed E-state index contributed by atoms with van der Waals surface area (Å²) < 4.78 is 0. The average Bonchev–Trinajstić information content (AvgIpc) is 2.23. The van der Waals surface area contributed by atoms with Crippen LogP contribution in [-0.2, 0) is 4.79 Å². The van der Waals surface area contributed by atoms with Gasteiger partial charge in [0, 0.05) is 0 Å². The van der Waals surface area contributed by atoms with Gasteiger partial charge in [0.2, 0.25) is 5.91 Å². The second-order valence-electron chi connectivity index (χ2n) is 8.27. The van der Waals surface area contributed by atoms with Gasteiger partial charge in [-0.3, -0.25) is 4.79 Å². The van der Waals surface area contributed by atoms with E-state index in [1.54, 1.807) is 0 Å². The maximum absolute atomic E-state index is 12.7. The molecule has 4 aliphatic carbocycles. The van der Waals surface area contributed by atoms with Crippen LogP contribution in [-0.4, -0.2) is 11.9 Å². The molecule has 1 amide bonds. The Morgan fingerprint density at radius 1 is 1.21 bits per heavy atom. The number of hydrogen-bond donors (Lipinski definition) is 1. The van der Waals surface area contributed by atoms with Gasteiger partial charge in [-0.15, -0.1) is 6.42 Å². The molecule has 1 N–H and O–H groups in total. The largest absolute Gasteiger partial charge is 0.342 e. The summed E-state index contributed by atoms with van der Waals surface area (Å²) in [7, 11) is 0. The first-order chi connectivity index (χ1) is 8.78. The van der Waals surface area contributed by atoms with Gasteiger partial charge in [0.05, 0.1) is 11.5 Å². The minimum absolute atomic E-state index is 0.131. The second kappa shape index (κ2) is 3.78. The molecule has 0 radical (unpaired) electrons. The van der Waals surface area contributed by atoms with E-state index in [-0.39, 0.29) is 17.4 Å². The van der Waals surface area contributed by atoms with Gasteiger partial charge in [0.1, 0.15) is 0 Å². The Hall–Kier alpha value is -0.970. The number of terminal acetylenes is 1. The Morgan fingerprint density at radius 3 is 2.26 bits per heavy atom. The SMILES string of the molecule is C#CC(C)NC(=O)C12CC3CC(C)(CC(C)(C3)C1)C2. The maximum atomic E-state index is 12.7. The summed E-state index contributed by atoms with van der Waals surface area (Å²) in [5.74, 6) is 3.59. The van der Waals surface area contributed by atoms with Crippen LogP contribution in [0.15, 0.2) is 0 Å². The molecule has 3 unspecified atom stereocenters. The maximum Gasteiger partial charge on any atom is 0.227 e. The van der Waals surface area contributed by atoms with Gasteiger partial charge in [-0.2, -0.15) is 0 Å². The molecule has 0 heterocycles. The fraction of sp³-hybridized carbons (Fsp3) is 0.824. The number of nitrogens with one attached hydrogen (secondary N) is 1. The third kappa shape index (κ3) is 1.98. The predicted octanol–water partition coefficient (Wildman–Crippen LogP) is 3.12. The van der Waals surface area contributed by atoms with Crippen LogP contribution >= 0.6 is 0 Å². The van der Waals surface area contributed by atoms with E-state index in [0.717, 1.165) is 25.2 Å². The summed E-state index contributed by atoms with van der Waals surface area (Å²) in [5, 5.41) is 3.05. The lowest BCUT2D eigenvalue weighted by atomic mass is 9.40. The Kier molecular flexibility index (Phi) is 2.59. The van der Waals surface area contributed by atoms with Crippen molar-refractivity contribution in [3.8, 4) is 12.3 Å². The Morgan fingerprint density at radius 2 is 1.79 bits per heavy atom. The number of carbonyl (C=O) groups excluding carboxylic acids is 1. The summed E-state index contributed by atoms with van der Waals surface area (Å²) >= 11 is 0. The standard InChI is InChI=1S/C17H25NO/c1-5-12(2)18-14(19)17-8-13-6-15(3,10-17)9-16(4,7-13)11-17/h1,12-13H,6-11H2,2-4H3,(H,18,19). The number of rotatable bonds is 2. The predicted molar refractivity (Wildman–Crippen MR) is 76.3 cm³/mol. The van der Waals surface area contributed by atoms with E-state index < -0.39 is 0 Å². The van der Waals surface area contributed by atoms with Gasteiger partial charge in [-0.25, -0.2) is 0 Å². The molecule has 4 rings (SSSR count). The second-order valence-corrected chi connectivity index (χ2v) is 8.27. The Bertz CT molecular complexity index is 442. The normalized spacial score (nSPS) is 48.6. The van der Waals surface area contributed by atoms with Crippen LogP contribution in [0.2, 0.25) is 0 Å². The van der Waals surface area contributed by atoms with Crippen LogP contribution in [0, 0.1) is 34.5 Å². The molecule has 0 aliphatic heterocycles. The summed E-state index contributed by atoms with van der Waals surface area (Å²) in [6.45, 7) is 6.67. The minimum Gasteiger partial charge on any atom is -0.342 e. The van der Waals surface area contributed by atoms with Crippen molar-refractivity contribution in [2.24, 2.45) is 22.2 Å². The molecule has 2 heteroatoms. The first-order valence-electron chi connectivity index (χ1n) is 7.55. The van der Waals surface area contributed by atoms with E-state index in [9.17, 15) is 4.79 Å². The van der Waals surface area contributed by atoms with E-state index in [1.807, 2.05) is 6.92 Å². The highest BCUT2D eigenvalue weighted by Gasteiger charge is 2.62. The van der Waals surface area contributed by atoms with Crippen LogP contribution < -0.4 is 5.32 Å². The first-order valence-corrected chi connectivity index (χ1v) is 7.55. The summed E-state index contributed by atoms with van der Waals surface area (Å²) in [6.07, 6.45) is 12.6. The summed E-state index contributed by atoms with van der Waals surface area (Å²) in [5.41, 5.74) is 0.629. The molecular formula is C17H25NO. The molecule has 0 aromatic rings. The van der Waals surface area contributed by atoms with E-state index in [4.69, 9.17) is 6.42 Å². The molecule has 0 aromatic heterocycles. The molecule has 0 saturated heterocycles. The lowest BCUT2D eigenvalue weighted by Crippen LogP contribution is -2.60. The highest BCUT2D eigenvalue weighted by molar-refractivity contribution is 5.84. The van der Waals surface area contributed by atoms with Crippen LogP contribution in [0.25, 0.3) is 0 Å². The summed E-state index contributed by atoms with van der Waals surface area (Å²) in [4.78, 5) is 12.7. The Balaban J connectivity index is 1.88. The van der Waals surface area contributed by atoms with Crippen LogP contribution in [0.4, 0.5) is 0 Å². The molecule has 4 bridgehead atoms. The van der Waals surface area contributed by atoms with Gasteiger partial charge in [0.15, 0.2) is 0 Å². The third-order valence-electron chi connectivity index (χ3n) is 5.71. The van der Waals surface area contributed by atoms with E-state index in [2.05, 4.69) is 25.1 Å². The number of carbonyl (C=O) groups is 1. The van der Waals surface area contributed by atoms with Crippen molar-refractivity contribution in [3.63, 3.8) is 0 Å². The zero-order valence-electron chi connectivity index (χ0n) is 12.4. The zero-order chi connectivity index (χ0) is 13.9. The lowest BCUT2D eigenvalue weighted by molar-refractivity contribution is -0.170. The quantitative estimate of drug-likeness (QED) is 0.758. The highest BCUT2D eigenvalue weighted by Crippen LogP contribution is 2.69. The fourth-order valence-electron chi connectivity index (χ4n) is 6.09.